The Bertz CT molecular complexity index is 782. The predicted octanol–water partition coefficient (Wildman–Crippen LogP) is 3.59. The van der Waals surface area contributed by atoms with Crippen molar-refractivity contribution in [2.75, 3.05) is 27.4 Å². The molecule has 1 aliphatic heterocycles. The van der Waals surface area contributed by atoms with Gasteiger partial charge in [-0.3, -0.25) is 9.46 Å². The Kier molecular flexibility index (Phi) is 7.80. The first-order valence-electron chi connectivity index (χ1n) is 8.99. The fraction of sp³-hybridized carbons (Fsp3) is 0.474. The Morgan fingerprint density at radius 1 is 1.14 bits per heavy atom. The molecule has 154 valence electrons. The van der Waals surface area contributed by atoms with Crippen molar-refractivity contribution < 1.29 is 32.7 Å². The van der Waals surface area contributed by atoms with Crippen molar-refractivity contribution in [3.63, 3.8) is 0 Å². The number of hydrogen-bond acceptors (Lipinski definition) is 7. The van der Waals surface area contributed by atoms with E-state index in [4.69, 9.17) is 18.5 Å². The number of rotatable bonds is 7. The van der Waals surface area contributed by atoms with Gasteiger partial charge in [-0.15, -0.1) is 0 Å². The summed E-state index contributed by atoms with van der Waals surface area (Å²) >= 11 is 0. The summed E-state index contributed by atoms with van der Waals surface area (Å²) in [6.07, 6.45) is 1.40. The van der Waals surface area contributed by atoms with Crippen molar-refractivity contribution in [1.29, 1.82) is 0 Å². The molecule has 1 aliphatic rings. The van der Waals surface area contributed by atoms with Crippen LogP contribution in [0.15, 0.2) is 24.0 Å². The Labute approximate surface area is 164 Å². The fourth-order valence-corrected chi connectivity index (χ4v) is 4.35. The van der Waals surface area contributed by atoms with E-state index in [1.54, 1.807) is 19.9 Å². The first-order valence-corrected chi connectivity index (χ1v) is 10.6. The lowest BCUT2D eigenvalue weighted by atomic mass is 9.92. The summed E-state index contributed by atoms with van der Waals surface area (Å²) in [5.74, 6) is 0.939. The molecule has 0 radical (unpaired) electrons. The molecule has 0 aromatic heterocycles. The Hall–Kier alpha value is -2.15. The van der Waals surface area contributed by atoms with Crippen LogP contribution in [0.5, 0.6) is 0 Å². The minimum absolute atomic E-state index is 0.206. The highest BCUT2D eigenvalue weighted by molar-refractivity contribution is 7.57. The summed E-state index contributed by atoms with van der Waals surface area (Å²) in [4.78, 5) is 25.5. The zero-order valence-corrected chi connectivity index (χ0v) is 17.4. The summed E-state index contributed by atoms with van der Waals surface area (Å²) in [5.41, 5.74) is 2.58. The molecule has 0 saturated carbocycles. The smallest absolute Gasteiger partial charge is 0.410 e. The minimum Gasteiger partial charge on any atom is -0.467 e. The highest BCUT2D eigenvalue weighted by Crippen LogP contribution is 2.50. The van der Waals surface area contributed by atoms with E-state index in [1.165, 1.54) is 24.9 Å². The molecule has 1 atom stereocenters. The number of ether oxygens (including phenoxy) is 2. The van der Waals surface area contributed by atoms with Gasteiger partial charge in [-0.05, 0) is 42.7 Å². The van der Waals surface area contributed by atoms with Gasteiger partial charge in [0.15, 0.2) is 0 Å². The van der Waals surface area contributed by atoms with Gasteiger partial charge >= 0.3 is 19.7 Å². The van der Waals surface area contributed by atoms with Crippen LogP contribution in [0, 0.1) is 0 Å². The third-order valence-electron chi connectivity index (χ3n) is 4.31. The van der Waals surface area contributed by atoms with E-state index in [0.29, 0.717) is 6.42 Å². The normalized spacial score (nSPS) is 16.7. The van der Waals surface area contributed by atoms with Gasteiger partial charge in [-0.1, -0.05) is 12.1 Å². The van der Waals surface area contributed by atoms with Gasteiger partial charge in [0.05, 0.1) is 34.0 Å². The predicted molar refractivity (Wildman–Crippen MR) is 104 cm³/mol. The Morgan fingerprint density at radius 3 is 2.39 bits per heavy atom. The molecule has 1 heterocycles. The third-order valence-corrected chi connectivity index (χ3v) is 6.06. The van der Waals surface area contributed by atoms with E-state index in [1.807, 2.05) is 18.2 Å². The molecule has 0 saturated heterocycles. The molecule has 8 nitrogen and oxygen atoms in total. The number of hydrogen-bond donors (Lipinski definition) is 0. The number of nitrogens with zero attached hydrogens (tertiary/aromatic N) is 1. The van der Waals surface area contributed by atoms with Crippen LogP contribution in [0.2, 0.25) is 0 Å². The molecule has 1 unspecified atom stereocenters. The van der Waals surface area contributed by atoms with Gasteiger partial charge in [-0.2, -0.15) is 0 Å². The topological polar surface area (TPSA) is 91.4 Å². The second-order valence-corrected chi connectivity index (χ2v) is 7.95. The number of carbonyl (C=O) groups is 2. The summed E-state index contributed by atoms with van der Waals surface area (Å²) in [6, 6.07) is 4.87. The molecule has 0 aliphatic carbocycles. The van der Waals surface area contributed by atoms with Crippen LogP contribution in [0.3, 0.4) is 0 Å². The quantitative estimate of drug-likeness (QED) is 0.500. The van der Waals surface area contributed by atoms with Crippen LogP contribution in [-0.4, -0.2) is 50.4 Å². The first kappa shape index (κ1) is 22.1. The van der Waals surface area contributed by atoms with Crippen molar-refractivity contribution in [2.45, 2.75) is 32.9 Å². The van der Waals surface area contributed by atoms with E-state index in [-0.39, 0.29) is 19.8 Å². The summed E-state index contributed by atoms with van der Waals surface area (Å²) in [7, 11) is -0.743. The molecule has 2 rings (SSSR count). The summed E-state index contributed by atoms with van der Waals surface area (Å²) < 4.78 is 32.7. The van der Waals surface area contributed by atoms with Gasteiger partial charge < -0.3 is 18.5 Å². The molecule has 0 N–H and O–H groups in total. The zero-order chi connectivity index (χ0) is 20.7. The standard InChI is InChI=1S/C19H26NO7P/c1-5-26-28(23,27-6-2)10-9-14-7-8-15-12-17(18(21)24-3)20(19(22)25-4)13-16(15)11-14/h7-11,17H,5-6,12-13H2,1-4H3/b10-9+. The molecule has 1 aromatic carbocycles. The van der Waals surface area contributed by atoms with Crippen molar-refractivity contribution in [1.82, 2.24) is 4.90 Å². The van der Waals surface area contributed by atoms with Gasteiger partial charge in [0.1, 0.15) is 6.04 Å². The van der Waals surface area contributed by atoms with Crippen molar-refractivity contribution in [3.8, 4) is 0 Å². The first-order chi connectivity index (χ1) is 13.4. The second kappa shape index (κ2) is 9.87. The lowest BCUT2D eigenvalue weighted by molar-refractivity contribution is -0.146. The van der Waals surface area contributed by atoms with Gasteiger partial charge in [0.25, 0.3) is 0 Å². The van der Waals surface area contributed by atoms with Crippen molar-refractivity contribution in [2.24, 2.45) is 0 Å². The summed E-state index contributed by atoms with van der Waals surface area (Å²) in [5, 5.41) is 0. The van der Waals surface area contributed by atoms with Gasteiger partial charge in [-0.25, -0.2) is 9.59 Å². The molecule has 1 aromatic rings. The van der Waals surface area contributed by atoms with Crippen LogP contribution in [0.4, 0.5) is 4.79 Å². The number of fused-ring (bicyclic) bond motifs is 1. The highest BCUT2D eigenvalue weighted by Gasteiger charge is 2.36. The number of esters is 1. The van der Waals surface area contributed by atoms with Crippen LogP contribution in [-0.2, 0) is 40.8 Å². The molecular formula is C19H26NO7P. The van der Waals surface area contributed by atoms with Gasteiger partial charge in [0.2, 0.25) is 0 Å². The Balaban J connectivity index is 2.29. The monoisotopic (exact) mass is 411 g/mol. The van der Waals surface area contributed by atoms with Crippen LogP contribution < -0.4 is 0 Å². The van der Waals surface area contributed by atoms with Crippen molar-refractivity contribution in [3.05, 3.63) is 40.7 Å². The van der Waals surface area contributed by atoms with E-state index < -0.39 is 25.7 Å². The lowest BCUT2D eigenvalue weighted by Crippen LogP contribution is -2.49. The SMILES string of the molecule is CCOP(=O)(/C=C/c1ccc2c(c1)CN(C(=O)OC)C(C(=O)OC)C2)OCC. The number of amides is 1. The molecular weight excluding hydrogens is 385 g/mol. The van der Waals surface area contributed by atoms with E-state index in [9.17, 15) is 14.2 Å². The minimum atomic E-state index is -3.30. The van der Waals surface area contributed by atoms with Crippen LogP contribution >= 0.6 is 7.60 Å². The third kappa shape index (κ3) is 5.22. The molecule has 0 spiro atoms. The fourth-order valence-electron chi connectivity index (χ4n) is 3.02. The van der Waals surface area contributed by atoms with Crippen LogP contribution in [0.1, 0.15) is 30.5 Å². The molecule has 28 heavy (non-hydrogen) atoms. The molecule has 1 amide bonds. The Morgan fingerprint density at radius 2 is 1.82 bits per heavy atom. The van der Waals surface area contributed by atoms with E-state index >= 15 is 0 Å². The maximum atomic E-state index is 12.6. The van der Waals surface area contributed by atoms with E-state index in [2.05, 4.69) is 0 Å². The van der Waals surface area contributed by atoms with Crippen LogP contribution in [0.25, 0.3) is 6.08 Å². The number of methoxy groups -OCH3 is 2. The molecule has 9 heteroatoms. The van der Waals surface area contributed by atoms with Gasteiger partial charge in [0, 0.05) is 12.2 Å². The average molecular weight is 411 g/mol. The number of benzene rings is 1. The highest BCUT2D eigenvalue weighted by atomic mass is 31.2. The summed E-state index contributed by atoms with van der Waals surface area (Å²) in [6.45, 7) is 4.25. The average Bonchev–Trinajstić information content (AvgIpc) is 2.70. The van der Waals surface area contributed by atoms with Crippen molar-refractivity contribution >= 4 is 25.7 Å². The lowest BCUT2D eigenvalue weighted by Gasteiger charge is -2.34. The largest absolute Gasteiger partial charge is 0.467 e. The zero-order valence-electron chi connectivity index (χ0n) is 16.5. The van der Waals surface area contributed by atoms with E-state index in [0.717, 1.165) is 16.7 Å². The molecule has 0 bridgehead atoms. The second-order valence-electron chi connectivity index (χ2n) is 6.06. The maximum absolute atomic E-state index is 12.6. The molecule has 0 fully saturated rings. The maximum Gasteiger partial charge on any atom is 0.410 e. The number of carbonyl (C=O) groups excluding carboxylic acids is 2.